The van der Waals surface area contributed by atoms with Gasteiger partial charge in [-0.2, -0.15) is 13.2 Å². The molecule has 2 aromatic rings. The number of carbonyl (C=O) groups is 1. The average molecular weight is 294 g/mol. The first kappa shape index (κ1) is 15.1. The van der Waals surface area contributed by atoms with Gasteiger partial charge in [-0.15, -0.1) is 0 Å². The average Bonchev–Trinajstić information content (AvgIpc) is 2.45. The molecule has 0 saturated heterocycles. The van der Waals surface area contributed by atoms with Crippen LogP contribution in [0.15, 0.2) is 54.6 Å². The summed E-state index contributed by atoms with van der Waals surface area (Å²) < 4.78 is 39.1. The summed E-state index contributed by atoms with van der Waals surface area (Å²) in [5.74, 6) is -2.50. The molecule has 0 aliphatic rings. The van der Waals surface area contributed by atoms with E-state index in [1.54, 1.807) is 30.3 Å². The quantitative estimate of drug-likeness (QED) is 0.921. The molecule has 0 heterocycles. The Labute approximate surface area is 119 Å². The fraction of sp³-hybridized carbons (Fsp3) is 0.188. The largest absolute Gasteiger partial charge is 0.481 e. The van der Waals surface area contributed by atoms with Gasteiger partial charge in [0.2, 0.25) is 0 Å². The van der Waals surface area contributed by atoms with Gasteiger partial charge in [0.1, 0.15) is 0 Å². The first-order valence-electron chi connectivity index (χ1n) is 6.32. The number of hydrogen-bond acceptors (Lipinski definition) is 1. The Kier molecular flexibility index (Phi) is 4.31. The second kappa shape index (κ2) is 5.99. The van der Waals surface area contributed by atoms with Gasteiger partial charge in [-0.05, 0) is 23.6 Å². The predicted molar refractivity (Wildman–Crippen MR) is 72.0 cm³/mol. The molecule has 0 amide bonds. The fourth-order valence-corrected chi connectivity index (χ4v) is 2.24. The summed E-state index contributed by atoms with van der Waals surface area (Å²) >= 11 is 0. The van der Waals surface area contributed by atoms with Crippen LogP contribution in [0.4, 0.5) is 13.2 Å². The number of hydrogen-bond donors (Lipinski definition) is 1. The number of halogens is 3. The van der Waals surface area contributed by atoms with Gasteiger partial charge in [-0.25, -0.2) is 0 Å². The van der Waals surface area contributed by atoms with Gasteiger partial charge in [0.15, 0.2) is 0 Å². The van der Waals surface area contributed by atoms with Gasteiger partial charge >= 0.3 is 12.1 Å². The van der Waals surface area contributed by atoms with Crippen molar-refractivity contribution in [2.75, 3.05) is 0 Å². The molecule has 0 aliphatic heterocycles. The first-order chi connectivity index (χ1) is 9.89. The number of alkyl halides is 3. The molecule has 0 spiro atoms. The number of carboxylic acids is 1. The maximum atomic E-state index is 13.0. The van der Waals surface area contributed by atoms with Crippen LogP contribution in [0.2, 0.25) is 0 Å². The second-order valence-corrected chi connectivity index (χ2v) is 4.67. The first-order valence-corrected chi connectivity index (χ1v) is 6.32. The SMILES string of the molecule is O=C(O)C(Cc1ccccc1)c1ccccc1C(F)(F)F. The van der Waals surface area contributed by atoms with E-state index >= 15 is 0 Å². The van der Waals surface area contributed by atoms with Gasteiger partial charge in [-0.1, -0.05) is 48.5 Å². The van der Waals surface area contributed by atoms with Crippen molar-refractivity contribution in [1.29, 1.82) is 0 Å². The number of aliphatic carboxylic acids is 1. The Morgan fingerprint density at radius 3 is 2.14 bits per heavy atom. The molecule has 1 atom stereocenters. The van der Waals surface area contributed by atoms with E-state index in [0.29, 0.717) is 5.56 Å². The number of benzene rings is 2. The molecule has 21 heavy (non-hydrogen) atoms. The van der Waals surface area contributed by atoms with E-state index in [-0.39, 0.29) is 12.0 Å². The molecule has 2 rings (SSSR count). The monoisotopic (exact) mass is 294 g/mol. The van der Waals surface area contributed by atoms with Crippen LogP contribution in [0.25, 0.3) is 0 Å². The molecule has 1 unspecified atom stereocenters. The number of rotatable bonds is 4. The van der Waals surface area contributed by atoms with Crippen molar-refractivity contribution < 1.29 is 23.1 Å². The van der Waals surface area contributed by atoms with Crippen molar-refractivity contribution in [1.82, 2.24) is 0 Å². The van der Waals surface area contributed by atoms with Crippen LogP contribution in [0.3, 0.4) is 0 Å². The van der Waals surface area contributed by atoms with Crippen molar-refractivity contribution >= 4 is 5.97 Å². The third-order valence-corrected chi connectivity index (χ3v) is 3.22. The molecule has 0 fully saturated rings. The Morgan fingerprint density at radius 2 is 1.57 bits per heavy atom. The van der Waals surface area contributed by atoms with E-state index in [9.17, 15) is 23.1 Å². The van der Waals surface area contributed by atoms with E-state index < -0.39 is 23.6 Å². The summed E-state index contributed by atoms with van der Waals surface area (Å²) in [4.78, 5) is 11.4. The van der Waals surface area contributed by atoms with Crippen molar-refractivity contribution in [2.45, 2.75) is 18.5 Å². The molecular weight excluding hydrogens is 281 g/mol. The topological polar surface area (TPSA) is 37.3 Å². The molecule has 0 bridgehead atoms. The Balaban J connectivity index is 2.42. The molecule has 0 saturated carbocycles. The Morgan fingerprint density at radius 1 is 1.00 bits per heavy atom. The molecule has 1 N–H and O–H groups in total. The number of carboxylic acid groups (broad SMARTS) is 1. The van der Waals surface area contributed by atoms with E-state index in [4.69, 9.17) is 0 Å². The lowest BCUT2D eigenvalue weighted by molar-refractivity contribution is -0.141. The van der Waals surface area contributed by atoms with Crippen LogP contribution in [-0.2, 0) is 17.4 Å². The van der Waals surface area contributed by atoms with E-state index in [0.717, 1.165) is 6.07 Å². The normalized spacial score (nSPS) is 12.9. The minimum atomic E-state index is -4.57. The standard InChI is InChI=1S/C16H13F3O2/c17-16(18,19)14-9-5-4-8-12(14)13(15(20)21)10-11-6-2-1-3-7-11/h1-9,13H,10H2,(H,20,21). The van der Waals surface area contributed by atoms with Gasteiger partial charge in [0.05, 0.1) is 11.5 Å². The fourth-order valence-electron chi connectivity index (χ4n) is 2.24. The molecule has 5 heteroatoms. The third kappa shape index (κ3) is 3.62. The van der Waals surface area contributed by atoms with Crippen molar-refractivity contribution in [3.05, 3.63) is 71.3 Å². The van der Waals surface area contributed by atoms with Crippen molar-refractivity contribution in [3.63, 3.8) is 0 Å². The molecule has 2 nitrogen and oxygen atoms in total. The lowest BCUT2D eigenvalue weighted by atomic mass is 9.88. The summed E-state index contributed by atoms with van der Waals surface area (Å²) in [7, 11) is 0. The lowest BCUT2D eigenvalue weighted by Gasteiger charge is -2.18. The minimum Gasteiger partial charge on any atom is -0.481 e. The van der Waals surface area contributed by atoms with Crippen LogP contribution in [0.5, 0.6) is 0 Å². The zero-order valence-corrected chi connectivity index (χ0v) is 11.0. The zero-order valence-electron chi connectivity index (χ0n) is 11.0. The van der Waals surface area contributed by atoms with Gasteiger partial charge in [0, 0.05) is 0 Å². The van der Waals surface area contributed by atoms with Crippen molar-refractivity contribution in [3.8, 4) is 0 Å². The molecular formula is C16H13F3O2. The highest BCUT2D eigenvalue weighted by molar-refractivity contribution is 5.77. The molecule has 2 aromatic carbocycles. The van der Waals surface area contributed by atoms with Crippen LogP contribution >= 0.6 is 0 Å². The zero-order chi connectivity index (χ0) is 15.5. The Hall–Kier alpha value is -2.30. The predicted octanol–water partition coefficient (Wildman–Crippen LogP) is 4.12. The minimum absolute atomic E-state index is 0.0171. The summed E-state index contributed by atoms with van der Waals surface area (Å²) in [5, 5.41) is 9.31. The van der Waals surface area contributed by atoms with E-state index in [2.05, 4.69) is 0 Å². The van der Waals surface area contributed by atoms with Crippen LogP contribution in [0, 0.1) is 0 Å². The Bertz CT molecular complexity index is 621. The lowest BCUT2D eigenvalue weighted by Crippen LogP contribution is -2.19. The highest BCUT2D eigenvalue weighted by Crippen LogP contribution is 2.36. The van der Waals surface area contributed by atoms with E-state index in [1.165, 1.54) is 18.2 Å². The van der Waals surface area contributed by atoms with Crippen LogP contribution in [0.1, 0.15) is 22.6 Å². The maximum absolute atomic E-state index is 13.0. The summed E-state index contributed by atoms with van der Waals surface area (Å²) in [6.07, 6.45) is -4.55. The maximum Gasteiger partial charge on any atom is 0.416 e. The molecule has 0 aromatic heterocycles. The summed E-state index contributed by atoms with van der Waals surface area (Å²) in [6.45, 7) is 0. The highest BCUT2D eigenvalue weighted by Gasteiger charge is 2.36. The van der Waals surface area contributed by atoms with E-state index in [1.807, 2.05) is 0 Å². The van der Waals surface area contributed by atoms with Gasteiger partial charge in [-0.3, -0.25) is 4.79 Å². The van der Waals surface area contributed by atoms with Crippen LogP contribution in [-0.4, -0.2) is 11.1 Å². The highest BCUT2D eigenvalue weighted by atomic mass is 19.4. The summed E-state index contributed by atoms with van der Waals surface area (Å²) in [6, 6.07) is 13.4. The third-order valence-electron chi connectivity index (χ3n) is 3.22. The summed E-state index contributed by atoms with van der Waals surface area (Å²) in [5.41, 5.74) is -0.420. The second-order valence-electron chi connectivity index (χ2n) is 4.67. The van der Waals surface area contributed by atoms with Gasteiger partial charge < -0.3 is 5.11 Å². The van der Waals surface area contributed by atoms with Crippen LogP contribution < -0.4 is 0 Å². The molecule has 0 radical (unpaired) electrons. The molecule has 110 valence electrons. The smallest absolute Gasteiger partial charge is 0.416 e. The molecule has 0 aliphatic carbocycles. The van der Waals surface area contributed by atoms with Gasteiger partial charge in [0.25, 0.3) is 0 Å². The van der Waals surface area contributed by atoms with Crippen molar-refractivity contribution in [2.24, 2.45) is 0 Å².